The van der Waals surface area contributed by atoms with Gasteiger partial charge in [-0.2, -0.15) is 0 Å². The summed E-state index contributed by atoms with van der Waals surface area (Å²) in [5.41, 5.74) is 0. The number of phenols is 1. The first kappa shape index (κ1) is 15.8. The van der Waals surface area contributed by atoms with Crippen molar-refractivity contribution in [1.29, 1.82) is 0 Å². The van der Waals surface area contributed by atoms with Crippen LogP contribution in [0.15, 0.2) is 58.3 Å². The zero-order valence-electron chi connectivity index (χ0n) is 11.7. The van der Waals surface area contributed by atoms with Crippen molar-refractivity contribution < 1.29 is 27.8 Å². The quantitative estimate of drug-likeness (QED) is 0.670. The van der Waals surface area contributed by atoms with E-state index < -0.39 is 15.8 Å². The van der Waals surface area contributed by atoms with Crippen molar-refractivity contribution in [3.63, 3.8) is 0 Å². The minimum atomic E-state index is -3.66. The van der Waals surface area contributed by atoms with Crippen LogP contribution in [-0.4, -0.2) is 26.3 Å². The predicted octanol–water partition coefficient (Wildman–Crippen LogP) is 2.12. The monoisotopic (exact) mass is 322 g/mol. The van der Waals surface area contributed by atoms with E-state index in [0.29, 0.717) is 5.75 Å². The van der Waals surface area contributed by atoms with Crippen LogP contribution < -0.4 is 4.74 Å². The molecule has 7 heteroatoms. The number of rotatable bonds is 5. The molecule has 1 N–H and O–H groups in total. The summed E-state index contributed by atoms with van der Waals surface area (Å²) in [6.45, 7) is 1.02. The van der Waals surface area contributed by atoms with Crippen molar-refractivity contribution in [2.24, 2.45) is 0 Å². The molecule has 0 amide bonds. The van der Waals surface area contributed by atoms with Gasteiger partial charge in [0.05, 0.1) is 9.79 Å². The fraction of sp³-hybridized carbons (Fsp3) is 0.133. The van der Waals surface area contributed by atoms with Crippen molar-refractivity contribution in [2.45, 2.75) is 16.7 Å². The second-order valence-corrected chi connectivity index (χ2v) is 6.32. The molecule has 116 valence electrons. The third-order valence-corrected chi connectivity index (χ3v) is 4.55. The minimum absolute atomic E-state index is 0.00632. The van der Waals surface area contributed by atoms with Gasteiger partial charge in [0, 0.05) is 6.92 Å². The predicted molar refractivity (Wildman–Crippen MR) is 77.3 cm³/mol. The summed E-state index contributed by atoms with van der Waals surface area (Å²) in [5, 5.41) is 9.20. The van der Waals surface area contributed by atoms with Gasteiger partial charge in [-0.3, -0.25) is 4.79 Å². The van der Waals surface area contributed by atoms with Crippen molar-refractivity contribution in [1.82, 2.24) is 0 Å². The Balaban J connectivity index is 2.15. The lowest BCUT2D eigenvalue weighted by molar-refractivity contribution is -0.147. The van der Waals surface area contributed by atoms with Crippen molar-refractivity contribution in [3.05, 3.63) is 48.5 Å². The molecule has 0 fully saturated rings. The summed E-state index contributed by atoms with van der Waals surface area (Å²) < 4.78 is 34.5. The molecule has 22 heavy (non-hydrogen) atoms. The number of benzene rings is 2. The second kappa shape index (κ2) is 6.48. The number of esters is 1. The highest BCUT2D eigenvalue weighted by Gasteiger charge is 2.17. The van der Waals surface area contributed by atoms with Crippen molar-refractivity contribution >= 4 is 15.8 Å². The average molecular weight is 322 g/mol. The Labute approximate surface area is 127 Å². The van der Waals surface area contributed by atoms with E-state index in [1.54, 1.807) is 0 Å². The van der Waals surface area contributed by atoms with Gasteiger partial charge in [0.2, 0.25) is 16.6 Å². The van der Waals surface area contributed by atoms with Gasteiger partial charge in [-0.1, -0.05) is 0 Å². The van der Waals surface area contributed by atoms with Crippen LogP contribution in [0.2, 0.25) is 0 Å². The Morgan fingerprint density at radius 1 is 1.00 bits per heavy atom. The smallest absolute Gasteiger partial charge is 0.305 e. The van der Waals surface area contributed by atoms with Crippen LogP contribution in [0.1, 0.15) is 6.92 Å². The van der Waals surface area contributed by atoms with E-state index in [-0.39, 0.29) is 22.3 Å². The molecule has 0 heterocycles. The molecule has 0 radical (unpaired) electrons. The molecule has 0 aliphatic carbocycles. The fourth-order valence-electron chi connectivity index (χ4n) is 1.66. The summed E-state index contributed by atoms with van der Waals surface area (Å²) in [6, 6.07) is 11.0. The number of hydrogen-bond donors (Lipinski definition) is 1. The molecule has 0 saturated carbocycles. The Hall–Kier alpha value is -2.54. The molecule has 6 nitrogen and oxygen atoms in total. The molecule has 0 unspecified atom stereocenters. The first-order chi connectivity index (χ1) is 10.4. The van der Waals surface area contributed by atoms with Crippen molar-refractivity contribution in [2.75, 3.05) is 6.79 Å². The molecule has 0 aromatic heterocycles. The molecule has 2 aromatic carbocycles. The van der Waals surface area contributed by atoms with Crippen LogP contribution in [-0.2, 0) is 19.4 Å². The highest BCUT2D eigenvalue weighted by atomic mass is 32.2. The summed E-state index contributed by atoms with van der Waals surface area (Å²) in [6.07, 6.45) is 0. The average Bonchev–Trinajstić information content (AvgIpc) is 2.48. The van der Waals surface area contributed by atoms with E-state index in [1.165, 1.54) is 55.5 Å². The highest BCUT2D eigenvalue weighted by Crippen LogP contribution is 2.24. The molecular weight excluding hydrogens is 308 g/mol. The van der Waals surface area contributed by atoms with Crippen LogP contribution in [0, 0.1) is 0 Å². The third-order valence-electron chi connectivity index (χ3n) is 2.77. The Kier molecular flexibility index (Phi) is 4.67. The topological polar surface area (TPSA) is 89.9 Å². The molecule has 2 rings (SSSR count). The van der Waals surface area contributed by atoms with Gasteiger partial charge in [0.1, 0.15) is 11.5 Å². The lowest BCUT2D eigenvalue weighted by atomic mass is 10.3. The van der Waals surface area contributed by atoms with E-state index in [9.17, 15) is 18.3 Å². The largest absolute Gasteiger partial charge is 0.508 e. The molecule has 0 atom stereocenters. The number of carbonyl (C=O) groups excluding carboxylic acids is 1. The van der Waals surface area contributed by atoms with Crippen LogP contribution in [0.25, 0.3) is 0 Å². The van der Waals surface area contributed by atoms with Crippen molar-refractivity contribution in [3.8, 4) is 11.5 Å². The van der Waals surface area contributed by atoms with Crippen LogP contribution >= 0.6 is 0 Å². The maximum atomic E-state index is 12.4. The highest BCUT2D eigenvalue weighted by molar-refractivity contribution is 7.91. The van der Waals surface area contributed by atoms with E-state index in [1.807, 2.05) is 0 Å². The van der Waals surface area contributed by atoms with Gasteiger partial charge in [-0.15, -0.1) is 0 Å². The SMILES string of the molecule is CC(=O)OCOc1ccc(S(=O)(=O)c2ccc(O)cc2)cc1. The van der Waals surface area contributed by atoms with Gasteiger partial charge in [-0.05, 0) is 48.5 Å². The molecule has 0 saturated heterocycles. The molecule has 0 aliphatic heterocycles. The number of carbonyl (C=O) groups is 1. The van der Waals surface area contributed by atoms with Gasteiger partial charge < -0.3 is 14.6 Å². The van der Waals surface area contributed by atoms with Gasteiger partial charge in [0.25, 0.3) is 0 Å². The van der Waals surface area contributed by atoms with Gasteiger partial charge in [-0.25, -0.2) is 8.42 Å². The standard InChI is InChI=1S/C15H14O6S/c1-11(16)20-10-21-13-4-8-15(9-5-13)22(18,19)14-6-2-12(17)3-7-14/h2-9,17H,10H2,1H3. The number of sulfone groups is 1. The first-order valence-electron chi connectivity index (χ1n) is 6.30. The summed E-state index contributed by atoms with van der Waals surface area (Å²) >= 11 is 0. The lowest BCUT2D eigenvalue weighted by Gasteiger charge is -2.08. The van der Waals surface area contributed by atoms with Gasteiger partial charge >= 0.3 is 5.97 Å². The zero-order chi connectivity index (χ0) is 16.2. The maximum absolute atomic E-state index is 12.4. The van der Waals surface area contributed by atoms with E-state index in [2.05, 4.69) is 4.74 Å². The molecule has 0 aliphatic rings. The van der Waals surface area contributed by atoms with E-state index >= 15 is 0 Å². The molecule has 2 aromatic rings. The number of hydrogen-bond acceptors (Lipinski definition) is 6. The van der Waals surface area contributed by atoms with Crippen LogP contribution in [0.3, 0.4) is 0 Å². The maximum Gasteiger partial charge on any atom is 0.305 e. The second-order valence-electron chi connectivity index (χ2n) is 4.37. The van der Waals surface area contributed by atoms with E-state index in [0.717, 1.165) is 0 Å². The van der Waals surface area contributed by atoms with Crippen LogP contribution in [0.5, 0.6) is 11.5 Å². The number of phenolic OH excluding ortho intramolecular Hbond substituents is 1. The Morgan fingerprint density at radius 3 is 2.00 bits per heavy atom. The zero-order valence-corrected chi connectivity index (χ0v) is 12.5. The summed E-state index contributed by atoms with van der Waals surface area (Å²) in [7, 11) is -3.66. The Bertz CT molecular complexity index is 748. The summed E-state index contributed by atoms with van der Waals surface area (Å²) in [5.74, 6) is -0.0920. The third kappa shape index (κ3) is 3.76. The Morgan fingerprint density at radius 2 is 1.50 bits per heavy atom. The number of ether oxygens (including phenoxy) is 2. The number of aromatic hydroxyl groups is 1. The molecular formula is C15H14O6S. The normalized spacial score (nSPS) is 11.0. The van der Waals surface area contributed by atoms with Crippen LogP contribution in [0.4, 0.5) is 0 Å². The fourth-order valence-corrected chi connectivity index (χ4v) is 2.92. The minimum Gasteiger partial charge on any atom is -0.508 e. The molecule has 0 bridgehead atoms. The lowest BCUT2D eigenvalue weighted by Crippen LogP contribution is -2.07. The molecule has 0 spiro atoms. The van der Waals surface area contributed by atoms with E-state index in [4.69, 9.17) is 4.74 Å². The van der Waals surface area contributed by atoms with Gasteiger partial charge in [0.15, 0.2) is 0 Å². The summed E-state index contributed by atoms with van der Waals surface area (Å²) in [4.78, 5) is 10.8. The first-order valence-corrected chi connectivity index (χ1v) is 7.78.